The van der Waals surface area contributed by atoms with Crippen LogP contribution in [-0.2, 0) is 0 Å². The van der Waals surface area contributed by atoms with Gasteiger partial charge in [0.1, 0.15) is 17.2 Å². The van der Waals surface area contributed by atoms with Crippen LogP contribution in [0.15, 0.2) is 12.1 Å². The van der Waals surface area contributed by atoms with Crippen molar-refractivity contribution in [1.29, 1.82) is 0 Å². The molecule has 0 saturated heterocycles. The summed E-state index contributed by atoms with van der Waals surface area (Å²) in [5, 5.41) is 3.16. The Morgan fingerprint density at radius 3 is 2.56 bits per heavy atom. The summed E-state index contributed by atoms with van der Waals surface area (Å²) in [6, 6.07) is 2.41. The van der Waals surface area contributed by atoms with Crippen molar-refractivity contribution in [1.82, 2.24) is 5.32 Å². The molecule has 1 amide bonds. The molecule has 18 heavy (non-hydrogen) atoms. The molecule has 1 unspecified atom stereocenters. The molecule has 0 bridgehead atoms. The highest BCUT2D eigenvalue weighted by Crippen LogP contribution is 2.19. The molecule has 0 radical (unpaired) electrons. The van der Waals surface area contributed by atoms with Crippen LogP contribution in [0.3, 0.4) is 0 Å². The van der Waals surface area contributed by atoms with Gasteiger partial charge in [0, 0.05) is 10.9 Å². The van der Waals surface area contributed by atoms with Crippen LogP contribution in [0.2, 0.25) is 0 Å². The van der Waals surface area contributed by atoms with Crippen LogP contribution >= 0.6 is 15.9 Å². The third kappa shape index (κ3) is 3.07. The number of carbonyl (C=O) groups is 1. The fourth-order valence-electron chi connectivity index (χ4n) is 1.42. The van der Waals surface area contributed by atoms with Gasteiger partial charge in [-0.15, -0.1) is 0 Å². The van der Waals surface area contributed by atoms with Crippen molar-refractivity contribution in [2.45, 2.75) is 32.7 Å². The molecule has 0 spiro atoms. The number of amides is 1. The van der Waals surface area contributed by atoms with Gasteiger partial charge in [0.2, 0.25) is 0 Å². The molecule has 0 aromatic heterocycles. The zero-order chi connectivity index (χ0) is 13.9. The van der Waals surface area contributed by atoms with Gasteiger partial charge in [-0.25, -0.2) is 8.78 Å². The molecule has 5 heteroatoms. The molecule has 100 valence electrons. The Hall–Kier alpha value is -0.970. The molecular formula is C13H16BrF2NO. The number of carbonyl (C=O) groups excluding carboxylic acids is 1. The summed E-state index contributed by atoms with van der Waals surface area (Å²) in [5.74, 6) is -2.37. The van der Waals surface area contributed by atoms with E-state index in [0.29, 0.717) is 11.8 Å². The van der Waals surface area contributed by atoms with Gasteiger partial charge in [-0.1, -0.05) is 28.9 Å². The molecule has 2 nitrogen and oxygen atoms in total. The molecule has 1 N–H and O–H groups in total. The van der Waals surface area contributed by atoms with Gasteiger partial charge in [-0.3, -0.25) is 4.79 Å². The summed E-state index contributed by atoms with van der Waals surface area (Å²) in [6.07, 6.45) is 0.652. The molecular weight excluding hydrogens is 304 g/mol. The van der Waals surface area contributed by atoms with Crippen LogP contribution < -0.4 is 5.32 Å². The number of aryl methyl sites for hydroxylation is 1. The fraction of sp³-hybridized carbons (Fsp3) is 0.462. The van der Waals surface area contributed by atoms with E-state index in [1.807, 2.05) is 13.8 Å². The van der Waals surface area contributed by atoms with E-state index in [4.69, 9.17) is 0 Å². The second kappa shape index (κ2) is 5.78. The van der Waals surface area contributed by atoms with Crippen LogP contribution in [0.25, 0.3) is 0 Å². The molecule has 0 aliphatic rings. The Morgan fingerprint density at radius 2 is 2.06 bits per heavy atom. The fourth-order valence-corrected chi connectivity index (χ4v) is 1.95. The Balaban J connectivity index is 3.09. The van der Waals surface area contributed by atoms with E-state index in [2.05, 4.69) is 21.2 Å². The summed E-state index contributed by atoms with van der Waals surface area (Å²) in [5.41, 5.74) is -0.797. The number of hydrogen-bond acceptors (Lipinski definition) is 1. The summed E-state index contributed by atoms with van der Waals surface area (Å²) < 4.78 is 27.3. The molecule has 0 saturated carbocycles. The molecule has 1 rings (SSSR count). The first kappa shape index (κ1) is 15.1. The number of rotatable bonds is 4. The lowest BCUT2D eigenvalue weighted by atomic mass is 10.0. The van der Waals surface area contributed by atoms with Crippen LogP contribution in [0.1, 0.15) is 36.2 Å². The lowest BCUT2D eigenvalue weighted by Crippen LogP contribution is -2.47. The highest BCUT2D eigenvalue weighted by atomic mass is 79.9. The molecule has 1 aromatic rings. The number of nitrogens with one attached hydrogen (secondary N) is 1. The lowest BCUT2D eigenvalue weighted by Gasteiger charge is -2.27. The average Bonchev–Trinajstić information content (AvgIpc) is 2.34. The number of hydrogen-bond donors (Lipinski definition) is 1. The predicted molar refractivity (Wildman–Crippen MR) is 71.1 cm³/mol. The minimum Gasteiger partial charge on any atom is -0.346 e. The highest BCUT2D eigenvalue weighted by Gasteiger charge is 2.27. The van der Waals surface area contributed by atoms with Gasteiger partial charge >= 0.3 is 0 Å². The first-order chi connectivity index (χ1) is 8.34. The van der Waals surface area contributed by atoms with Crippen molar-refractivity contribution in [2.75, 3.05) is 5.33 Å². The van der Waals surface area contributed by atoms with E-state index < -0.39 is 28.6 Å². The zero-order valence-electron chi connectivity index (χ0n) is 10.6. The third-order valence-corrected chi connectivity index (χ3v) is 4.24. The van der Waals surface area contributed by atoms with Gasteiger partial charge < -0.3 is 5.32 Å². The van der Waals surface area contributed by atoms with Crippen molar-refractivity contribution in [3.05, 3.63) is 34.9 Å². The first-order valence-electron chi connectivity index (χ1n) is 5.67. The van der Waals surface area contributed by atoms with E-state index >= 15 is 0 Å². The van der Waals surface area contributed by atoms with Crippen molar-refractivity contribution in [3.8, 4) is 0 Å². The molecule has 0 aliphatic heterocycles. The molecule has 0 fully saturated rings. The summed E-state index contributed by atoms with van der Waals surface area (Å²) >= 11 is 3.28. The van der Waals surface area contributed by atoms with Crippen LogP contribution in [0, 0.1) is 18.6 Å². The summed E-state index contributed by atoms with van der Waals surface area (Å²) in [7, 11) is 0. The van der Waals surface area contributed by atoms with Crippen molar-refractivity contribution < 1.29 is 13.6 Å². The molecule has 0 aliphatic carbocycles. The van der Waals surface area contributed by atoms with E-state index in [9.17, 15) is 13.6 Å². The number of alkyl halides is 1. The maximum atomic E-state index is 13.8. The van der Waals surface area contributed by atoms with Gasteiger partial charge in [-0.05, 0) is 31.9 Å². The first-order valence-corrected chi connectivity index (χ1v) is 6.80. The average molecular weight is 320 g/mol. The van der Waals surface area contributed by atoms with Gasteiger partial charge in [-0.2, -0.15) is 0 Å². The predicted octanol–water partition coefficient (Wildman–Crippen LogP) is 3.57. The second-order valence-corrected chi connectivity index (χ2v) is 5.12. The maximum absolute atomic E-state index is 13.8. The second-order valence-electron chi connectivity index (χ2n) is 4.56. The van der Waals surface area contributed by atoms with E-state index in [1.54, 1.807) is 0 Å². The maximum Gasteiger partial charge on any atom is 0.257 e. The Kier molecular flexibility index (Phi) is 4.85. The van der Waals surface area contributed by atoms with E-state index in [1.165, 1.54) is 13.0 Å². The SMILES string of the molecule is CCC(C)(CBr)NC(=O)c1c(F)ccc(C)c1F. The summed E-state index contributed by atoms with van der Waals surface area (Å²) in [6.45, 7) is 5.20. The normalized spacial score (nSPS) is 14.1. The van der Waals surface area contributed by atoms with Gasteiger partial charge in [0.05, 0.1) is 0 Å². The minimum atomic E-state index is -0.844. The van der Waals surface area contributed by atoms with Gasteiger partial charge in [0.25, 0.3) is 5.91 Å². The lowest BCUT2D eigenvalue weighted by molar-refractivity contribution is 0.0904. The van der Waals surface area contributed by atoms with Crippen molar-refractivity contribution in [3.63, 3.8) is 0 Å². The quantitative estimate of drug-likeness (QED) is 0.845. The molecule has 1 aromatic carbocycles. The van der Waals surface area contributed by atoms with E-state index in [-0.39, 0.29) is 5.56 Å². The van der Waals surface area contributed by atoms with Gasteiger partial charge in [0.15, 0.2) is 0 Å². The molecule has 1 atom stereocenters. The summed E-state index contributed by atoms with van der Waals surface area (Å²) in [4.78, 5) is 12.0. The van der Waals surface area contributed by atoms with Crippen LogP contribution in [0.4, 0.5) is 8.78 Å². The Labute approximate surface area is 114 Å². The largest absolute Gasteiger partial charge is 0.346 e. The van der Waals surface area contributed by atoms with Crippen molar-refractivity contribution >= 4 is 21.8 Å². The third-order valence-electron chi connectivity index (χ3n) is 3.00. The standard InChI is InChI=1S/C13H16BrF2NO/c1-4-13(3,7-14)17-12(18)10-9(15)6-5-8(2)11(10)16/h5-6H,4,7H2,1-3H3,(H,17,18). The topological polar surface area (TPSA) is 29.1 Å². The number of benzene rings is 1. The van der Waals surface area contributed by atoms with Crippen LogP contribution in [0.5, 0.6) is 0 Å². The molecule has 0 heterocycles. The van der Waals surface area contributed by atoms with Crippen molar-refractivity contribution in [2.24, 2.45) is 0 Å². The highest BCUT2D eigenvalue weighted by molar-refractivity contribution is 9.09. The minimum absolute atomic E-state index is 0.249. The Bertz CT molecular complexity index is 459. The monoisotopic (exact) mass is 319 g/mol. The van der Waals surface area contributed by atoms with Crippen LogP contribution in [-0.4, -0.2) is 16.8 Å². The zero-order valence-corrected chi connectivity index (χ0v) is 12.2. The number of halogens is 3. The Morgan fingerprint density at radius 1 is 1.44 bits per heavy atom. The smallest absolute Gasteiger partial charge is 0.257 e. The van der Waals surface area contributed by atoms with E-state index in [0.717, 1.165) is 6.07 Å².